The molecule has 0 unspecified atom stereocenters. The van der Waals surface area contributed by atoms with Crippen LogP contribution >= 0.6 is 0 Å². The third-order valence-corrected chi connectivity index (χ3v) is 5.45. The highest BCUT2D eigenvalue weighted by Gasteiger charge is 2.16. The predicted molar refractivity (Wildman–Crippen MR) is 117 cm³/mol. The van der Waals surface area contributed by atoms with Crippen molar-refractivity contribution in [3.8, 4) is 5.88 Å². The maximum atomic E-state index is 12.8. The zero-order chi connectivity index (χ0) is 20.9. The van der Waals surface area contributed by atoms with E-state index in [4.69, 9.17) is 4.74 Å². The molecule has 0 radical (unpaired) electrons. The Labute approximate surface area is 175 Å². The quantitative estimate of drug-likeness (QED) is 0.681. The Morgan fingerprint density at radius 3 is 2.50 bits per heavy atom. The molecule has 0 aliphatic carbocycles. The van der Waals surface area contributed by atoms with Crippen LogP contribution in [0.3, 0.4) is 0 Å². The number of aromatic nitrogens is 2. The van der Waals surface area contributed by atoms with Gasteiger partial charge in [-0.3, -0.25) is 14.5 Å². The van der Waals surface area contributed by atoms with E-state index >= 15 is 0 Å². The molecule has 1 saturated heterocycles. The summed E-state index contributed by atoms with van der Waals surface area (Å²) in [7, 11) is 1.50. The zero-order valence-corrected chi connectivity index (χ0v) is 17.1. The van der Waals surface area contributed by atoms with E-state index in [0.717, 1.165) is 35.6 Å². The van der Waals surface area contributed by atoms with Gasteiger partial charge < -0.3 is 10.1 Å². The van der Waals surface area contributed by atoms with Gasteiger partial charge in [-0.05, 0) is 49.7 Å². The van der Waals surface area contributed by atoms with Crippen LogP contribution in [0.4, 0.5) is 5.69 Å². The second kappa shape index (κ2) is 9.09. The average molecular weight is 406 g/mol. The summed E-state index contributed by atoms with van der Waals surface area (Å²) in [6.45, 7) is 2.79. The molecule has 0 spiro atoms. The van der Waals surface area contributed by atoms with Gasteiger partial charge in [0.1, 0.15) is 6.54 Å². The SMILES string of the molecule is COc1nn(CC(=O)Nc2ccccc2CN2CCCCC2)c(=O)c2ccccc12. The van der Waals surface area contributed by atoms with Crippen LogP contribution in [0.1, 0.15) is 24.8 Å². The van der Waals surface area contributed by atoms with Crippen LogP contribution in [0, 0.1) is 0 Å². The van der Waals surface area contributed by atoms with Gasteiger partial charge in [0.05, 0.1) is 17.9 Å². The van der Waals surface area contributed by atoms with Crippen molar-refractivity contribution in [3.63, 3.8) is 0 Å². The van der Waals surface area contributed by atoms with E-state index in [9.17, 15) is 9.59 Å². The van der Waals surface area contributed by atoms with Crippen molar-refractivity contribution in [2.24, 2.45) is 0 Å². The lowest BCUT2D eigenvalue weighted by Crippen LogP contribution is -2.31. The van der Waals surface area contributed by atoms with E-state index in [1.807, 2.05) is 30.3 Å². The Kier molecular flexibility index (Phi) is 6.09. The van der Waals surface area contributed by atoms with E-state index in [0.29, 0.717) is 16.7 Å². The second-order valence-corrected chi connectivity index (χ2v) is 7.56. The molecule has 0 atom stereocenters. The van der Waals surface area contributed by atoms with Crippen molar-refractivity contribution in [1.82, 2.24) is 14.7 Å². The first kappa shape index (κ1) is 20.1. The van der Waals surface area contributed by atoms with Gasteiger partial charge in [0, 0.05) is 12.2 Å². The number of fused-ring (bicyclic) bond motifs is 1. The molecular weight excluding hydrogens is 380 g/mol. The molecule has 1 amide bonds. The summed E-state index contributed by atoms with van der Waals surface area (Å²) in [5.41, 5.74) is 1.53. The number of piperidine rings is 1. The Morgan fingerprint density at radius 2 is 1.73 bits per heavy atom. The molecular formula is C23H26N4O3. The second-order valence-electron chi connectivity index (χ2n) is 7.56. The Hall–Kier alpha value is -3.19. The summed E-state index contributed by atoms with van der Waals surface area (Å²) >= 11 is 0. The molecule has 2 aromatic carbocycles. The minimum atomic E-state index is -0.317. The van der Waals surface area contributed by atoms with Crippen molar-refractivity contribution < 1.29 is 9.53 Å². The molecule has 0 saturated carbocycles. The maximum absolute atomic E-state index is 12.8. The molecule has 2 heterocycles. The van der Waals surface area contributed by atoms with Gasteiger partial charge in [-0.1, -0.05) is 36.8 Å². The zero-order valence-electron chi connectivity index (χ0n) is 17.1. The maximum Gasteiger partial charge on any atom is 0.275 e. The normalized spacial score (nSPS) is 14.6. The number of nitrogens with zero attached hydrogens (tertiary/aromatic N) is 3. The van der Waals surface area contributed by atoms with E-state index in [1.54, 1.807) is 18.2 Å². The lowest BCUT2D eigenvalue weighted by atomic mass is 10.1. The van der Waals surface area contributed by atoms with Crippen molar-refractivity contribution >= 4 is 22.4 Å². The molecule has 156 valence electrons. The number of nitrogens with one attached hydrogen (secondary N) is 1. The molecule has 3 aromatic rings. The molecule has 1 aromatic heterocycles. The predicted octanol–water partition coefficient (Wildman–Crippen LogP) is 3.03. The van der Waals surface area contributed by atoms with Crippen molar-refractivity contribution in [1.29, 1.82) is 0 Å². The van der Waals surface area contributed by atoms with Crippen LogP contribution < -0.4 is 15.6 Å². The molecule has 4 rings (SSSR count). The highest BCUT2D eigenvalue weighted by atomic mass is 16.5. The van der Waals surface area contributed by atoms with Crippen LogP contribution in [-0.2, 0) is 17.9 Å². The lowest BCUT2D eigenvalue weighted by Gasteiger charge is -2.27. The number of rotatable bonds is 6. The van der Waals surface area contributed by atoms with Crippen molar-refractivity contribution in [2.45, 2.75) is 32.4 Å². The summed E-state index contributed by atoms with van der Waals surface area (Å²) in [5, 5.41) is 8.29. The Balaban J connectivity index is 1.53. The van der Waals surface area contributed by atoms with E-state index in [-0.39, 0.29) is 18.0 Å². The highest BCUT2D eigenvalue weighted by Crippen LogP contribution is 2.21. The Bertz CT molecular complexity index is 1100. The molecule has 30 heavy (non-hydrogen) atoms. The summed E-state index contributed by atoms with van der Waals surface area (Å²) < 4.78 is 6.48. The van der Waals surface area contributed by atoms with E-state index < -0.39 is 0 Å². The number of anilines is 1. The Morgan fingerprint density at radius 1 is 1.03 bits per heavy atom. The minimum absolute atomic E-state index is 0.182. The van der Waals surface area contributed by atoms with Gasteiger partial charge in [-0.15, -0.1) is 5.10 Å². The summed E-state index contributed by atoms with van der Waals surface area (Å²) in [4.78, 5) is 27.9. The van der Waals surface area contributed by atoms with Gasteiger partial charge in [0.25, 0.3) is 5.56 Å². The third kappa shape index (κ3) is 4.36. The molecule has 7 nitrogen and oxygen atoms in total. The number of amides is 1. The molecule has 1 fully saturated rings. The number of para-hydroxylation sites is 1. The van der Waals surface area contributed by atoms with E-state index in [2.05, 4.69) is 15.3 Å². The summed E-state index contributed by atoms with van der Waals surface area (Å²) in [6.07, 6.45) is 3.71. The fourth-order valence-corrected chi connectivity index (χ4v) is 3.93. The number of ether oxygens (including phenoxy) is 1. The topological polar surface area (TPSA) is 76.5 Å². The monoisotopic (exact) mass is 406 g/mol. The molecule has 0 bridgehead atoms. The number of benzene rings is 2. The van der Waals surface area contributed by atoms with Crippen molar-refractivity contribution in [3.05, 3.63) is 64.4 Å². The van der Waals surface area contributed by atoms with Gasteiger partial charge in [-0.25, -0.2) is 4.68 Å². The largest absolute Gasteiger partial charge is 0.480 e. The number of hydrogen-bond acceptors (Lipinski definition) is 5. The summed E-state index contributed by atoms with van der Waals surface area (Å²) in [5.74, 6) is 0.0246. The molecule has 1 aliphatic rings. The van der Waals surface area contributed by atoms with E-state index in [1.165, 1.54) is 26.4 Å². The fraction of sp³-hybridized carbons (Fsp3) is 0.348. The number of likely N-dealkylation sites (tertiary alicyclic amines) is 1. The first-order chi connectivity index (χ1) is 14.7. The van der Waals surface area contributed by atoms with Crippen LogP contribution in [0.15, 0.2) is 53.3 Å². The summed E-state index contributed by atoms with van der Waals surface area (Å²) in [6, 6.07) is 14.9. The number of carbonyl (C=O) groups excluding carboxylic acids is 1. The van der Waals surface area contributed by atoms with Gasteiger partial charge in [0.15, 0.2) is 0 Å². The number of hydrogen-bond donors (Lipinski definition) is 1. The van der Waals surface area contributed by atoms with Crippen LogP contribution in [0.25, 0.3) is 10.8 Å². The highest BCUT2D eigenvalue weighted by molar-refractivity contribution is 5.92. The van der Waals surface area contributed by atoms with Gasteiger partial charge in [0.2, 0.25) is 11.8 Å². The standard InChI is InChI=1S/C23H26N4O3/c1-30-22-18-10-4-5-11-19(18)23(29)27(25-22)16-21(28)24-20-12-6-3-9-17(20)15-26-13-7-2-8-14-26/h3-6,9-12H,2,7-8,13-16H2,1H3,(H,24,28). The van der Waals surface area contributed by atoms with Gasteiger partial charge in [-0.2, -0.15) is 0 Å². The fourth-order valence-electron chi connectivity index (χ4n) is 3.93. The smallest absolute Gasteiger partial charge is 0.275 e. The third-order valence-electron chi connectivity index (χ3n) is 5.45. The molecule has 1 N–H and O–H groups in total. The molecule has 1 aliphatic heterocycles. The van der Waals surface area contributed by atoms with Crippen LogP contribution in [0.5, 0.6) is 5.88 Å². The first-order valence-corrected chi connectivity index (χ1v) is 10.3. The number of methoxy groups -OCH3 is 1. The number of carbonyl (C=O) groups is 1. The van der Waals surface area contributed by atoms with Crippen LogP contribution in [0.2, 0.25) is 0 Å². The van der Waals surface area contributed by atoms with Crippen molar-refractivity contribution in [2.75, 3.05) is 25.5 Å². The minimum Gasteiger partial charge on any atom is -0.480 e. The van der Waals surface area contributed by atoms with Crippen LogP contribution in [-0.4, -0.2) is 40.8 Å². The van der Waals surface area contributed by atoms with Gasteiger partial charge >= 0.3 is 0 Å². The average Bonchev–Trinajstić information content (AvgIpc) is 2.78. The molecule has 7 heteroatoms. The first-order valence-electron chi connectivity index (χ1n) is 10.3. The lowest BCUT2D eigenvalue weighted by molar-refractivity contribution is -0.117.